The molecule has 0 bridgehead atoms. The number of rotatable bonds is 7. The van der Waals surface area contributed by atoms with Gasteiger partial charge in [0.2, 0.25) is 11.9 Å². The molecule has 0 saturated carbocycles. The van der Waals surface area contributed by atoms with Crippen molar-refractivity contribution in [2.75, 3.05) is 6.61 Å². The van der Waals surface area contributed by atoms with Crippen molar-refractivity contribution in [3.05, 3.63) is 92.5 Å². The van der Waals surface area contributed by atoms with E-state index in [9.17, 15) is 25.0 Å². The van der Waals surface area contributed by atoms with E-state index in [-0.39, 0.29) is 18.1 Å². The van der Waals surface area contributed by atoms with Gasteiger partial charge in [-0.25, -0.2) is 5.43 Å². The van der Waals surface area contributed by atoms with E-state index in [4.69, 9.17) is 14.2 Å². The highest BCUT2D eigenvalue weighted by atomic mass is 16.6. The average molecular weight is 464 g/mol. The number of ether oxygens (including phenoxy) is 3. The molecule has 34 heavy (non-hydrogen) atoms. The fourth-order valence-corrected chi connectivity index (χ4v) is 3.02. The number of carbonyl (C=O) groups is 1. The summed E-state index contributed by atoms with van der Waals surface area (Å²) in [6.45, 7) is 0.0374. The minimum atomic E-state index is -0.871. The Hall–Kier alpha value is -5.00. The van der Waals surface area contributed by atoms with Crippen LogP contribution in [0.15, 0.2) is 71.8 Å². The molecule has 3 aromatic carbocycles. The van der Waals surface area contributed by atoms with Crippen LogP contribution in [-0.2, 0) is 4.79 Å². The van der Waals surface area contributed by atoms with Crippen LogP contribution < -0.4 is 19.6 Å². The van der Waals surface area contributed by atoms with Crippen LogP contribution in [0.1, 0.15) is 5.56 Å². The first-order valence-electron chi connectivity index (χ1n) is 9.83. The number of carbonyl (C=O) groups excluding carboxylic acids is 1. The zero-order chi connectivity index (χ0) is 24.1. The van der Waals surface area contributed by atoms with Crippen molar-refractivity contribution in [1.29, 1.82) is 0 Å². The third-order valence-corrected chi connectivity index (χ3v) is 4.63. The van der Waals surface area contributed by atoms with Gasteiger partial charge in [0.15, 0.2) is 11.5 Å². The zero-order valence-corrected chi connectivity index (χ0v) is 17.3. The third-order valence-electron chi connectivity index (χ3n) is 4.63. The van der Waals surface area contributed by atoms with Gasteiger partial charge in [-0.1, -0.05) is 24.3 Å². The van der Waals surface area contributed by atoms with Crippen LogP contribution in [0.3, 0.4) is 0 Å². The molecular formula is C22H16N4O8. The number of nitrogens with zero attached hydrogens (tertiary/aromatic N) is 3. The first-order chi connectivity index (χ1) is 16.4. The Bertz CT molecular complexity index is 1290. The maximum Gasteiger partial charge on any atom is 0.318 e. The van der Waals surface area contributed by atoms with Crippen molar-refractivity contribution in [2.45, 2.75) is 6.10 Å². The lowest BCUT2D eigenvalue weighted by Crippen LogP contribution is -2.42. The first-order valence-corrected chi connectivity index (χ1v) is 9.83. The molecule has 1 N–H and O–H groups in total. The molecule has 172 valence electrons. The molecule has 1 aliphatic rings. The molecule has 1 aliphatic heterocycles. The van der Waals surface area contributed by atoms with Crippen molar-refractivity contribution < 1.29 is 28.9 Å². The van der Waals surface area contributed by atoms with E-state index in [1.54, 1.807) is 42.5 Å². The number of hydrogen-bond donors (Lipinski definition) is 1. The molecule has 0 fully saturated rings. The molecule has 1 atom stereocenters. The van der Waals surface area contributed by atoms with E-state index in [0.29, 0.717) is 17.1 Å². The molecule has 4 rings (SSSR count). The Morgan fingerprint density at radius 3 is 2.59 bits per heavy atom. The van der Waals surface area contributed by atoms with E-state index in [1.807, 2.05) is 0 Å². The Balaban J connectivity index is 1.41. The minimum Gasteiger partial charge on any atom is -0.485 e. The number of nitrogens with one attached hydrogen (secondary N) is 1. The normalized spacial score (nSPS) is 14.4. The minimum absolute atomic E-state index is 0.0374. The van der Waals surface area contributed by atoms with Crippen molar-refractivity contribution in [1.82, 2.24) is 5.43 Å². The molecule has 12 nitrogen and oxygen atoms in total. The highest BCUT2D eigenvalue weighted by Crippen LogP contribution is 2.34. The van der Waals surface area contributed by atoms with Crippen LogP contribution >= 0.6 is 0 Å². The summed E-state index contributed by atoms with van der Waals surface area (Å²) in [7, 11) is 0. The molecule has 0 spiro atoms. The molecule has 12 heteroatoms. The summed E-state index contributed by atoms with van der Waals surface area (Å²) in [5.41, 5.74) is 1.93. The monoisotopic (exact) mass is 464 g/mol. The van der Waals surface area contributed by atoms with Crippen LogP contribution in [0, 0.1) is 20.2 Å². The predicted octanol–water partition coefficient (Wildman–Crippen LogP) is 3.59. The van der Waals surface area contributed by atoms with Crippen molar-refractivity contribution >= 4 is 23.5 Å². The first kappa shape index (κ1) is 22.2. The number of hydrogen-bond acceptors (Lipinski definition) is 9. The lowest BCUT2D eigenvalue weighted by Gasteiger charge is -2.24. The summed E-state index contributed by atoms with van der Waals surface area (Å²) < 4.78 is 16.7. The number of hydrazone groups is 1. The Morgan fingerprint density at radius 1 is 1.03 bits per heavy atom. The van der Waals surface area contributed by atoms with Gasteiger partial charge in [-0.2, -0.15) is 5.10 Å². The van der Waals surface area contributed by atoms with E-state index in [1.165, 1.54) is 12.3 Å². The summed E-state index contributed by atoms with van der Waals surface area (Å²) in [6, 6.07) is 16.4. The SMILES string of the molecule is O=C(N/N=C\c1cccc(Oc2ccc([N+](=O)[O-])cc2[N+](=O)[O-])c1)[C@@H]1COc2ccccc2O1. The molecular weight excluding hydrogens is 448 g/mol. The lowest BCUT2D eigenvalue weighted by molar-refractivity contribution is -0.394. The van der Waals surface area contributed by atoms with Crippen LogP contribution in [0.5, 0.6) is 23.0 Å². The van der Waals surface area contributed by atoms with Gasteiger partial charge in [-0.05, 0) is 35.9 Å². The van der Waals surface area contributed by atoms with Gasteiger partial charge in [0, 0.05) is 6.07 Å². The second kappa shape index (κ2) is 9.65. The summed E-state index contributed by atoms with van der Waals surface area (Å²) in [5.74, 6) is 0.587. The van der Waals surface area contributed by atoms with Crippen molar-refractivity contribution in [2.24, 2.45) is 5.10 Å². The molecule has 0 aliphatic carbocycles. The van der Waals surface area contributed by atoms with Gasteiger partial charge in [0.25, 0.3) is 11.6 Å². The number of nitro groups is 2. The van der Waals surface area contributed by atoms with Gasteiger partial charge in [0.05, 0.1) is 22.1 Å². The third kappa shape index (κ3) is 5.07. The fourth-order valence-electron chi connectivity index (χ4n) is 3.02. The average Bonchev–Trinajstić information content (AvgIpc) is 2.84. The summed E-state index contributed by atoms with van der Waals surface area (Å²) in [5, 5.41) is 26.1. The van der Waals surface area contributed by atoms with E-state index >= 15 is 0 Å². The van der Waals surface area contributed by atoms with Crippen LogP contribution in [-0.4, -0.2) is 34.7 Å². The number of para-hydroxylation sites is 2. The number of benzene rings is 3. The highest BCUT2D eigenvalue weighted by molar-refractivity contribution is 5.85. The molecule has 3 aromatic rings. The topological polar surface area (TPSA) is 155 Å². The molecule has 0 unspecified atom stereocenters. The van der Waals surface area contributed by atoms with Crippen molar-refractivity contribution in [3.8, 4) is 23.0 Å². The zero-order valence-electron chi connectivity index (χ0n) is 17.3. The standard InChI is InChI=1S/C22H16N4O8/c27-22(21-13-32-19-6-1-2-7-20(19)34-21)24-23-12-14-4-3-5-16(10-14)33-18-9-8-15(25(28)29)11-17(18)26(30)31/h1-12,21H,13H2,(H,24,27)/b23-12-/t21-/m0/s1. The number of amides is 1. The Morgan fingerprint density at radius 2 is 1.82 bits per heavy atom. The molecule has 0 aromatic heterocycles. The number of nitro benzene ring substituents is 2. The van der Waals surface area contributed by atoms with E-state index < -0.39 is 33.2 Å². The summed E-state index contributed by atoms with van der Waals surface area (Å²) in [4.78, 5) is 33.0. The summed E-state index contributed by atoms with van der Waals surface area (Å²) >= 11 is 0. The lowest BCUT2D eigenvalue weighted by atomic mass is 10.2. The second-order valence-electron chi connectivity index (χ2n) is 6.94. The van der Waals surface area contributed by atoms with Gasteiger partial charge >= 0.3 is 5.69 Å². The summed E-state index contributed by atoms with van der Waals surface area (Å²) in [6.07, 6.45) is 0.483. The van der Waals surface area contributed by atoms with Gasteiger partial charge in [-0.3, -0.25) is 25.0 Å². The second-order valence-corrected chi connectivity index (χ2v) is 6.94. The van der Waals surface area contributed by atoms with E-state index in [0.717, 1.165) is 18.2 Å². The quantitative estimate of drug-likeness (QED) is 0.316. The van der Waals surface area contributed by atoms with Gasteiger partial charge in [-0.15, -0.1) is 0 Å². The highest BCUT2D eigenvalue weighted by Gasteiger charge is 2.27. The maximum absolute atomic E-state index is 12.3. The molecule has 1 amide bonds. The van der Waals surface area contributed by atoms with Gasteiger partial charge in [0.1, 0.15) is 12.4 Å². The largest absolute Gasteiger partial charge is 0.485 e. The van der Waals surface area contributed by atoms with Crippen LogP contribution in [0.4, 0.5) is 11.4 Å². The number of non-ortho nitro benzene ring substituents is 1. The maximum atomic E-state index is 12.3. The van der Waals surface area contributed by atoms with Crippen molar-refractivity contribution in [3.63, 3.8) is 0 Å². The Labute approximate surface area is 191 Å². The van der Waals surface area contributed by atoms with Crippen LogP contribution in [0.2, 0.25) is 0 Å². The molecule has 0 radical (unpaired) electrons. The Kier molecular flexibility index (Phi) is 6.30. The smallest absolute Gasteiger partial charge is 0.318 e. The van der Waals surface area contributed by atoms with Crippen LogP contribution in [0.25, 0.3) is 0 Å². The van der Waals surface area contributed by atoms with Gasteiger partial charge < -0.3 is 14.2 Å². The molecule has 1 heterocycles. The van der Waals surface area contributed by atoms with E-state index in [2.05, 4.69) is 10.5 Å². The predicted molar refractivity (Wildman–Crippen MR) is 118 cm³/mol. The number of fused-ring (bicyclic) bond motifs is 1. The molecule has 0 saturated heterocycles. The fraction of sp³-hybridized carbons (Fsp3) is 0.0909.